The number of rotatable bonds is 6. The smallest absolute Gasteiger partial charge is 0.378 e. The van der Waals surface area contributed by atoms with Gasteiger partial charge in [0.25, 0.3) is 0 Å². The minimum absolute atomic E-state index is 0.0939. The van der Waals surface area contributed by atoms with Crippen molar-refractivity contribution in [3.05, 3.63) is 23.9 Å². The van der Waals surface area contributed by atoms with Gasteiger partial charge in [0.05, 0.1) is 13.2 Å². The van der Waals surface area contributed by atoms with Gasteiger partial charge in [0, 0.05) is 37.8 Å². The second-order valence-corrected chi connectivity index (χ2v) is 4.98. The lowest BCUT2D eigenvalue weighted by Crippen LogP contribution is -2.37. The maximum absolute atomic E-state index is 12.1. The first-order chi connectivity index (χ1) is 10.1. The summed E-state index contributed by atoms with van der Waals surface area (Å²) < 4.78 is 41.5. The van der Waals surface area contributed by atoms with Gasteiger partial charge in [-0.1, -0.05) is 6.07 Å². The molecule has 0 unspecified atom stereocenters. The second-order valence-electron chi connectivity index (χ2n) is 4.98. The van der Waals surface area contributed by atoms with Crippen LogP contribution in [0, 0.1) is 0 Å². The number of ether oxygens (including phenoxy) is 1. The van der Waals surface area contributed by atoms with Crippen LogP contribution in [-0.4, -0.2) is 44.0 Å². The molecule has 2 heterocycles. The minimum Gasteiger partial charge on any atom is -0.378 e. The molecule has 0 amide bonds. The van der Waals surface area contributed by atoms with E-state index in [1.165, 1.54) is 0 Å². The van der Waals surface area contributed by atoms with Crippen LogP contribution in [0.5, 0.6) is 0 Å². The van der Waals surface area contributed by atoms with Gasteiger partial charge < -0.3 is 15.0 Å². The highest BCUT2D eigenvalue weighted by atomic mass is 19.4. The summed E-state index contributed by atoms with van der Waals surface area (Å²) in [5.74, 6) is 0.893. The average molecular weight is 303 g/mol. The van der Waals surface area contributed by atoms with Gasteiger partial charge in [0.2, 0.25) is 0 Å². The van der Waals surface area contributed by atoms with E-state index in [0.29, 0.717) is 26.3 Å². The highest BCUT2D eigenvalue weighted by Gasteiger charge is 2.25. The van der Waals surface area contributed by atoms with Gasteiger partial charge in [0.15, 0.2) is 0 Å². The van der Waals surface area contributed by atoms with Crippen molar-refractivity contribution in [3.8, 4) is 0 Å². The third-order valence-corrected chi connectivity index (χ3v) is 3.31. The Balaban J connectivity index is 1.82. The first kappa shape index (κ1) is 16.0. The first-order valence-electron chi connectivity index (χ1n) is 7.10. The number of morpholine rings is 1. The van der Waals surface area contributed by atoms with E-state index < -0.39 is 12.6 Å². The van der Waals surface area contributed by atoms with Crippen LogP contribution in [0.4, 0.5) is 19.0 Å². The van der Waals surface area contributed by atoms with E-state index in [1.807, 2.05) is 12.1 Å². The first-order valence-corrected chi connectivity index (χ1v) is 7.10. The molecule has 1 aromatic heterocycles. The van der Waals surface area contributed by atoms with Crippen LogP contribution in [0.2, 0.25) is 0 Å². The Bertz CT molecular complexity index is 434. The van der Waals surface area contributed by atoms with Crippen molar-refractivity contribution in [1.29, 1.82) is 0 Å². The molecule has 4 nitrogen and oxygen atoms in total. The van der Waals surface area contributed by atoms with Crippen molar-refractivity contribution < 1.29 is 17.9 Å². The van der Waals surface area contributed by atoms with E-state index >= 15 is 0 Å². The number of hydrogen-bond donors (Lipinski definition) is 1. The van der Waals surface area contributed by atoms with E-state index in [2.05, 4.69) is 15.2 Å². The predicted octanol–water partition coefficient (Wildman–Crippen LogP) is 2.35. The summed E-state index contributed by atoms with van der Waals surface area (Å²) >= 11 is 0. The van der Waals surface area contributed by atoms with E-state index in [-0.39, 0.29) is 6.42 Å². The number of anilines is 1. The van der Waals surface area contributed by atoms with Crippen molar-refractivity contribution in [2.45, 2.75) is 25.6 Å². The van der Waals surface area contributed by atoms with Crippen molar-refractivity contribution in [3.63, 3.8) is 0 Å². The fourth-order valence-electron chi connectivity index (χ4n) is 2.27. The number of pyridine rings is 1. The molecule has 118 valence electrons. The lowest BCUT2D eigenvalue weighted by Gasteiger charge is -2.29. The maximum atomic E-state index is 12.1. The molecule has 1 fully saturated rings. The number of nitrogens with one attached hydrogen (secondary N) is 1. The number of halogens is 3. The van der Waals surface area contributed by atoms with Gasteiger partial charge in [-0.2, -0.15) is 13.2 Å². The van der Waals surface area contributed by atoms with E-state index in [0.717, 1.165) is 24.5 Å². The monoisotopic (exact) mass is 303 g/mol. The van der Waals surface area contributed by atoms with Crippen LogP contribution in [0.3, 0.4) is 0 Å². The molecule has 0 aliphatic carbocycles. The summed E-state index contributed by atoms with van der Waals surface area (Å²) in [6.07, 6.45) is -2.99. The Labute approximate surface area is 122 Å². The fourth-order valence-corrected chi connectivity index (χ4v) is 2.27. The minimum atomic E-state index is -4.07. The summed E-state index contributed by atoms with van der Waals surface area (Å²) in [4.78, 5) is 6.54. The molecule has 1 saturated heterocycles. The van der Waals surface area contributed by atoms with Crippen LogP contribution >= 0.6 is 0 Å². The SMILES string of the molecule is FC(F)(F)CCCNCc1cccnc1N1CCOCC1. The average Bonchev–Trinajstić information content (AvgIpc) is 2.47. The van der Waals surface area contributed by atoms with Crippen molar-refractivity contribution >= 4 is 5.82 Å². The molecular formula is C14H20F3N3O. The van der Waals surface area contributed by atoms with Crippen LogP contribution in [-0.2, 0) is 11.3 Å². The zero-order chi connectivity index (χ0) is 15.1. The molecule has 21 heavy (non-hydrogen) atoms. The Morgan fingerprint density at radius 2 is 2.05 bits per heavy atom. The van der Waals surface area contributed by atoms with Crippen molar-refractivity contribution in [1.82, 2.24) is 10.3 Å². The Hall–Kier alpha value is -1.34. The van der Waals surface area contributed by atoms with Crippen molar-refractivity contribution in [2.75, 3.05) is 37.7 Å². The Kier molecular flexibility index (Phi) is 5.81. The normalized spacial score (nSPS) is 16.2. The fraction of sp³-hybridized carbons (Fsp3) is 0.643. The molecule has 1 aromatic rings. The molecule has 0 radical (unpaired) electrons. The predicted molar refractivity (Wildman–Crippen MR) is 74.3 cm³/mol. The molecule has 0 bridgehead atoms. The molecule has 0 atom stereocenters. The highest BCUT2D eigenvalue weighted by Crippen LogP contribution is 2.21. The zero-order valence-corrected chi connectivity index (χ0v) is 11.8. The molecule has 2 rings (SSSR count). The molecule has 0 aromatic carbocycles. The van der Waals surface area contributed by atoms with Gasteiger partial charge in [-0.25, -0.2) is 4.98 Å². The number of nitrogens with zero attached hydrogens (tertiary/aromatic N) is 2. The van der Waals surface area contributed by atoms with E-state index in [9.17, 15) is 13.2 Å². The van der Waals surface area contributed by atoms with Gasteiger partial charge >= 0.3 is 6.18 Å². The molecule has 0 spiro atoms. The highest BCUT2D eigenvalue weighted by molar-refractivity contribution is 5.46. The molecule has 7 heteroatoms. The summed E-state index contributed by atoms with van der Waals surface area (Å²) in [6.45, 7) is 3.80. The van der Waals surface area contributed by atoms with Gasteiger partial charge in [-0.3, -0.25) is 0 Å². The third-order valence-electron chi connectivity index (χ3n) is 3.31. The summed E-state index contributed by atoms with van der Waals surface area (Å²) in [5.41, 5.74) is 1.01. The van der Waals surface area contributed by atoms with Crippen LogP contribution in [0.1, 0.15) is 18.4 Å². The van der Waals surface area contributed by atoms with Crippen molar-refractivity contribution in [2.24, 2.45) is 0 Å². The lowest BCUT2D eigenvalue weighted by molar-refractivity contribution is -0.135. The lowest BCUT2D eigenvalue weighted by atomic mass is 10.2. The largest absolute Gasteiger partial charge is 0.389 e. The molecule has 0 saturated carbocycles. The van der Waals surface area contributed by atoms with Crippen LogP contribution in [0.15, 0.2) is 18.3 Å². The number of aromatic nitrogens is 1. The Morgan fingerprint density at radius 1 is 1.29 bits per heavy atom. The second kappa shape index (κ2) is 7.61. The number of alkyl halides is 3. The van der Waals surface area contributed by atoms with Gasteiger partial charge in [-0.05, 0) is 19.0 Å². The molecular weight excluding hydrogens is 283 g/mol. The summed E-state index contributed by atoms with van der Waals surface area (Å²) in [5, 5.41) is 3.06. The van der Waals surface area contributed by atoms with E-state index in [4.69, 9.17) is 4.74 Å². The van der Waals surface area contributed by atoms with Crippen LogP contribution < -0.4 is 10.2 Å². The van der Waals surface area contributed by atoms with Gasteiger partial charge in [0.1, 0.15) is 5.82 Å². The van der Waals surface area contributed by atoms with Crippen LogP contribution in [0.25, 0.3) is 0 Å². The zero-order valence-electron chi connectivity index (χ0n) is 11.8. The van der Waals surface area contributed by atoms with Gasteiger partial charge in [-0.15, -0.1) is 0 Å². The van der Waals surface area contributed by atoms with E-state index in [1.54, 1.807) is 6.20 Å². The molecule has 1 aliphatic rings. The standard InChI is InChI=1S/C14H20F3N3O/c15-14(16,17)4-2-5-18-11-12-3-1-6-19-13(12)20-7-9-21-10-8-20/h1,3,6,18H,2,4-5,7-11H2. The third kappa shape index (κ3) is 5.51. The topological polar surface area (TPSA) is 37.4 Å². The molecule has 1 N–H and O–H groups in total. The Morgan fingerprint density at radius 3 is 2.76 bits per heavy atom. The number of hydrogen-bond acceptors (Lipinski definition) is 4. The maximum Gasteiger partial charge on any atom is 0.389 e. The quantitative estimate of drug-likeness (QED) is 0.819. The summed E-state index contributed by atoms with van der Waals surface area (Å²) in [6, 6.07) is 3.80. The molecule has 1 aliphatic heterocycles. The summed E-state index contributed by atoms with van der Waals surface area (Å²) in [7, 11) is 0.